The zero-order valence-electron chi connectivity index (χ0n) is 17.0. The average Bonchev–Trinajstić information content (AvgIpc) is 3.17. The van der Waals surface area contributed by atoms with Crippen molar-refractivity contribution in [2.75, 3.05) is 32.1 Å². The van der Waals surface area contributed by atoms with Crippen LogP contribution in [0.1, 0.15) is 26.2 Å². The lowest BCUT2D eigenvalue weighted by molar-refractivity contribution is 0.0788. The maximum absolute atomic E-state index is 6.01. The highest BCUT2D eigenvalue weighted by Gasteiger charge is 2.15. The maximum atomic E-state index is 6.01. The van der Waals surface area contributed by atoms with E-state index in [9.17, 15) is 0 Å². The van der Waals surface area contributed by atoms with Crippen molar-refractivity contribution in [3.05, 3.63) is 36.9 Å². The first-order valence-corrected chi connectivity index (χ1v) is 10.2. The fraction of sp³-hybridized carbons (Fsp3) is 0.476. The van der Waals surface area contributed by atoms with E-state index in [1.807, 2.05) is 28.9 Å². The molecule has 1 fully saturated rings. The topological polar surface area (TPSA) is 85.6 Å². The van der Waals surface area contributed by atoms with Crippen LogP contribution >= 0.6 is 0 Å². The number of ether oxygens (including phenoxy) is 2. The number of fused-ring (bicyclic) bond motifs is 1. The van der Waals surface area contributed by atoms with Gasteiger partial charge < -0.3 is 20.1 Å². The lowest BCUT2D eigenvalue weighted by Crippen LogP contribution is -2.38. The van der Waals surface area contributed by atoms with E-state index < -0.39 is 0 Å². The molecule has 0 aromatic carbocycles. The highest BCUT2D eigenvalue weighted by molar-refractivity contribution is 5.61. The summed E-state index contributed by atoms with van der Waals surface area (Å²) < 4.78 is 13.2. The number of nitrogens with zero attached hydrogens (tertiary/aromatic N) is 4. The summed E-state index contributed by atoms with van der Waals surface area (Å²) in [4.78, 5) is 13.7. The summed E-state index contributed by atoms with van der Waals surface area (Å²) in [5.74, 6) is 1.57. The van der Waals surface area contributed by atoms with Gasteiger partial charge in [-0.15, -0.1) is 0 Å². The summed E-state index contributed by atoms with van der Waals surface area (Å²) in [7, 11) is 1.69. The second kappa shape index (κ2) is 9.19. The minimum atomic E-state index is 0.0276. The Bertz CT molecular complexity index is 938. The quantitative estimate of drug-likeness (QED) is 0.605. The highest BCUT2D eigenvalue weighted by Crippen LogP contribution is 2.23. The molecule has 3 aromatic heterocycles. The maximum Gasteiger partial charge on any atom is 0.145 e. The van der Waals surface area contributed by atoms with E-state index in [2.05, 4.69) is 27.5 Å². The molecule has 1 aliphatic heterocycles. The Hall–Kier alpha value is -2.71. The van der Waals surface area contributed by atoms with Crippen LogP contribution in [0.3, 0.4) is 0 Å². The normalized spacial score (nSPS) is 17.9. The van der Waals surface area contributed by atoms with E-state index in [1.165, 1.54) is 6.42 Å². The number of aromatic nitrogens is 4. The summed E-state index contributed by atoms with van der Waals surface area (Å²) in [6, 6.07) is 4.26. The molecule has 4 rings (SSSR count). The summed E-state index contributed by atoms with van der Waals surface area (Å²) in [5.41, 5.74) is 2.49. The van der Waals surface area contributed by atoms with Crippen molar-refractivity contribution in [2.45, 2.75) is 38.3 Å². The van der Waals surface area contributed by atoms with Crippen LogP contribution in [0, 0.1) is 0 Å². The summed E-state index contributed by atoms with van der Waals surface area (Å²) >= 11 is 0. The first kappa shape index (κ1) is 19.6. The number of anilines is 1. The van der Waals surface area contributed by atoms with Crippen molar-refractivity contribution in [1.82, 2.24) is 24.7 Å². The Balaban J connectivity index is 1.54. The standard InChI is InChI=1S/C21H28N6O2/c1-3-16(14-28-2)29-17-6-8-27-19(12-24-21(27)9-17)18-11-23-13-20(26-18)25-15-5-4-7-22-10-15/h6,8-9,11-13,15-16,22H,3-5,7,10,14H2,1-2H3,(H,25,26)/t15-,16?/m1/s1. The van der Waals surface area contributed by atoms with Gasteiger partial charge in [-0.25, -0.2) is 9.97 Å². The van der Waals surface area contributed by atoms with E-state index in [0.29, 0.717) is 12.6 Å². The van der Waals surface area contributed by atoms with Crippen LogP contribution in [0.15, 0.2) is 36.9 Å². The number of hydrogen-bond donors (Lipinski definition) is 2. The molecule has 0 bridgehead atoms. The number of hydrogen-bond acceptors (Lipinski definition) is 7. The Kier molecular flexibility index (Phi) is 6.21. The van der Waals surface area contributed by atoms with E-state index in [1.54, 1.807) is 19.5 Å². The van der Waals surface area contributed by atoms with Gasteiger partial charge in [-0.05, 0) is 31.9 Å². The first-order chi connectivity index (χ1) is 14.3. The Labute approximate surface area is 170 Å². The third-order valence-corrected chi connectivity index (χ3v) is 5.14. The minimum Gasteiger partial charge on any atom is -0.488 e. The SMILES string of the molecule is CCC(COC)Oc1ccn2c(-c3cncc(N[C@@H]4CCCNC4)n3)cnc2c1. The van der Waals surface area contributed by atoms with Crippen LogP contribution in [0.25, 0.3) is 17.0 Å². The average molecular weight is 396 g/mol. The lowest BCUT2D eigenvalue weighted by Gasteiger charge is -2.24. The van der Waals surface area contributed by atoms with Crippen molar-refractivity contribution in [3.8, 4) is 17.1 Å². The number of imidazole rings is 1. The zero-order chi connectivity index (χ0) is 20.1. The smallest absolute Gasteiger partial charge is 0.145 e. The third kappa shape index (κ3) is 4.65. The van der Waals surface area contributed by atoms with Crippen molar-refractivity contribution in [3.63, 3.8) is 0 Å². The van der Waals surface area contributed by atoms with Crippen molar-refractivity contribution in [1.29, 1.82) is 0 Å². The number of nitrogens with one attached hydrogen (secondary N) is 2. The molecule has 0 amide bonds. The molecule has 1 saturated heterocycles. The van der Waals surface area contributed by atoms with Gasteiger partial charge in [0.05, 0.1) is 30.9 Å². The highest BCUT2D eigenvalue weighted by atomic mass is 16.5. The van der Waals surface area contributed by atoms with Crippen LogP contribution in [0.4, 0.5) is 5.82 Å². The van der Waals surface area contributed by atoms with Crippen LogP contribution in [-0.4, -0.2) is 58.3 Å². The van der Waals surface area contributed by atoms with Crippen LogP contribution in [-0.2, 0) is 4.74 Å². The largest absolute Gasteiger partial charge is 0.488 e. The van der Waals surface area contributed by atoms with Crippen molar-refractivity contribution in [2.24, 2.45) is 0 Å². The van der Waals surface area contributed by atoms with Gasteiger partial charge in [0.2, 0.25) is 0 Å². The third-order valence-electron chi connectivity index (χ3n) is 5.14. The Morgan fingerprint density at radius 3 is 3.07 bits per heavy atom. The van der Waals surface area contributed by atoms with Gasteiger partial charge >= 0.3 is 0 Å². The second-order valence-electron chi connectivity index (χ2n) is 7.31. The number of pyridine rings is 1. The van der Waals surface area contributed by atoms with E-state index in [4.69, 9.17) is 14.5 Å². The summed E-state index contributed by atoms with van der Waals surface area (Å²) in [5, 5.41) is 6.89. The number of rotatable bonds is 8. The fourth-order valence-corrected chi connectivity index (χ4v) is 3.58. The summed E-state index contributed by atoms with van der Waals surface area (Å²) in [6.45, 7) is 4.68. The molecule has 0 radical (unpaired) electrons. The molecule has 29 heavy (non-hydrogen) atoms. The van der Waals surface area contributed by atoms with Crippen molar-refractivity contribution < 1.29 is 9.47 Å². The monoisotopic (exact) mass is 396 g/mol. The number of methoxy groups -OCH3 is 1. The number of piperidine rings is 1. The molecule has 2 atom stereocenters. The molecule has 4 heterocycles. The molecule has 1 unspecified atom stereocenters. The molecular formula is C21H28N6O2. The van der Waals surface area contributed by atoms with Crippen molar-refractivity contribution >= 4 is 11.5 Å². The molecule has 8 nitrogen and oxygen atoms in total. The van der Waals surface area contributed by atoms with Gasteiger partial charge in [-0.2, -0.15) is 0 Å². The van der Waals surface area contributed by atoms with E-state index in [-0.39, 0.29) is 6.10 Å². The van der Waals surface area contributed by atoms with E-state index >= 15 is 0 Å². The zero-order valence-corrected chi connectivity index (χ0v) is 17.0. The van der Waals surface area contributed by atoms with Gasteiger partial charge in [-0.1, -0.05) is 6.92 Å². The molecule has 0 spiro atoms. The molecule has 1 aliphatic rings. The second-order valence-corrected chi connectivity index (χ2v) is 7.31. The van der Waals surface area contributed by atoms with Gasteiger partial charge in [0, 0.05) is 32.0 Å². The Morgan fingerprint density at radius 1 is 1.34 bits per heavy atom. The fourth-order valence-electron chi connectivity index (χ4n) is 3.58. The van der Waals surface area contributed by atoms with E-state index in [0.717, 1.165) is 54.5 Å². The molecule has 0 aliphatic carbocycles. The predicted molar refractivity (Wildman–Crippen MR) is 112 cm³/mol. The first-order valence-electron chi connectivity index (χ1n) is 10.2. The van der Waals surface area contributed by atoms with Crippen LogP contribution < -0.4 is 15.4 Å². The summed E-state index contributed by atoms with van der Waals surface area (Å²) in [6.07, 6.45) is 10.5. The molecule has 2 N–H and O–H groups in total. The van der Waals surface area contributed by atoms with Gasteiger partial charge in [0.1, 0.15) is 29.0 Å². The van der Waals surface area contributed by atoms with Crippen LogP contribution in [0.2, 0.25) is 0 Å². The predicted octanol–water partition coefficient (Wildman–Crippen LogP) is 2.76. The van der Waals surface area contributed by atoms with Gasteiger partial charge in [0.15, 0.2) is 0 Å². The van der Waals surface area contributed by atoms with Gasteiger partial charge in [0.25, 0.3) is 0 Å². The molecule has 3 aromatic rings. The molecule has 8 heteroatoms. The van der Waals surface area contributed by atoms with Crippen LogP contribution in [0.5, 0.6) is 5.75 Å². The molecular weight excluding hydrogens is 368 g/mol. The van der Waals surface area contributed by atoms with Gasteiger partial charge in [-0.3, -0.25) is 9.38 Å². The molecule has 154 valence electrons. The lowest BCUT2D eigenvalue weighted by atomic mass is 10.1. The molecule has 0 saturated carbocycles. The Morgan fingerprint density at radius 2 is 2.28 bits per heavy atom. The minimum absolute atomic E-state index is 0.0276.